The van der Waals surface area contributed by atoms with Crippen LogP contribution in [0.4, 0.5) is 13.2 Å². The van der Waals surface area contributed by atoms with E-state index in [1.165, 1.54) is 0 Å². The second-order valence-corrected chi connectivity index (χ2v) is 4.27. The average Bonchev–Trinajstić information content (AvgIpc) is 2.11. The number of hydrogen-bond acceptors (Lipinski definition) is 2. The molecule has 0 heterocycles. The number of halogens is 6. The second kappa shape index (κ2) is 5.27. The minimum absolute atomic E-state index is 0.566. The van der Waals surface area contributed by atoms with Crippen molar-refractivity contribution in [1.29, 1.82) is 0 Å². The van der Waals surface area contributed by atoms with Crippen molar-refractivity contribution in [1.82, 2.24) is 0 Å². The Bertz CT molecular complexity index is 252. The van der Waals surface area contributed by atoms with Gasteiger partial charge in [0.25, 0.3) is 0 Å². The van der Waals surface area contributed by atoms with Gasteiger partial charge in [0.1, 0.15) is 0 Å². The maximum Gasteiger partial charge on any atom is 0.428 e. The van der Waals surface area contributed by atoms with Gasteiger partial charge in [0.15, 0.2) is 4.33 Å². The highest BCUT2D eigenvalue weighted by Crippen LogP contribution is 2.39. The zero-order chi connectivity index (χ0) is 12.3. The van der Waals surface area contributed by atoms with Crippen molar-refractivity contribution in [3.8, 4) is 0 Å². The lowest BCUT2D eigenvalue weighted by Crippen LogP contribution is -2.47. The first-order chi connectivity index (χ1) is 6.65. The Morgan fingerprint density at radius 1 is 1.47 bits per heavy atom. The van der Waals surface area contributed by atoms with Crippen LogP contribution >= 0.6 is 34.8 Å². The van der Waals surface area contributed by atoms with Gasteiger partial charge in [0.2, 0.25) is 6.10 Å². The number of esters is 1. The van der Waals surface area contributed by atoms with Crippen molar-refractivity contribution < 1.29 is 22.7 Å². The molecule has 0 amide bonds. The zero-order valence-electron chi connectivity index (χ0n) is 7.15. The van der Waals surface area contributed by atoms with Crippen LogP contribution in [0.25, 0.3) is 0 Å². The molecule has 0 saturated heterocycles. The lowest BCUT2D eigenvalue weighted by molar-refractivity contribution is -0.220. The lowest BCUT2D eigenvalue weighted by atomic mass is 10.2. The van der Waals surface area contributed by atoms with Crippen LogP contribution in [-0.2, 0) is 9.53 Å². The molecule has 0 aliphatic heterocycles. The van der Waals surface area contributed by atoms with E-state index >= 15 is 0 Å². The third-order valence-electron chi connectivity index (χ3n) is 1.26. The maximum absolute atomic E-state index is 12.4. The summed E-state index contributed by atoms with van der Waals surface area (Å²) in [4.78, 5) is 10.6. The van der Waals surface area contributed by atoms with Crippen LogP contribution < -0.4 is 0 Å². The molecule has 0 fully saturated rings. The van der Waals surface area contributed by atoms with E-state index in [-0.39, 0.29) is 0 Å². The Hall–Kier alpha value is -0.130. The highest BCUT2D eigenvalue weighted by atomic mass is 35.5. The summed E-state index contributed by atoms with van der Waals surface area (Å²) in [5.74, 6) is -2.03. The Morgan fingerprint density at radius 2 is 1.93 bits per heavy atom. The molecule has 0 N–H and O–H groups in total. The van der Waals surface area contributed by atoms with Gasteiger partial charge in [0, 0.05) is 6.08 Å². The van der Waals surface area contributed by atoms with E-state index in [2.05, 4.69) is 11.3 Å². The molecule has 0 radical (unpaired) electrons. The monoisotopic (exact) mass is 284 g/mol. The smallest absolute Gasteiger partial charge is 0.428 e. The summed E-state index contributed by atoms with van der Waals surface area (Å²) in [6, 6.07) is 0. The first-order valence-electron chi connectivity index (χ1n) is 3.48. The van der Waals surface area contributed by atoms with Gasteiger partial charge in [-0.2, -0.15) is 13.2 Å². The quantitative estimate of drug-likeness (QED) is 0.451. The summed E-state index contributed by atoms with van der Waals surface area (Å²) >= 11 is 15.7. The SMILES string of the molecule is C=CC(=O)OC(C(F)(F)F)C(Cl)(Cl)CCl. The Labute approximate surface area is 98.9 Å². The van der Waals surface area contributed by atoms with Gasteiger partial charge in [-0.3, -0.25) is 0 Å². The van der Waals surface area contributed by atoms with E-state index in [1.807, 2.05) is 0 Å². The molecule has 2 nitrogen and oxygen atoms in total. The van der Waals surface area contributed by atoms with Crippen LogP contribution in [0, 0.1) is 0 Å². The second-order valence-electron chi connectivity index (χ2n) is 2.46. The maximum atomic E-state index is 12.4. The first-order valence-corrected chi connectivity index (χ1v) is 4.77. The normalized spacial score (nSPS) is 14.5. The molecule has 0 aliphatic carbocycles. The molecular formula is C7H6Cl3F3O2. The van der Waals surface area contributed by atoms with E-state index in [1.54, 1.807) is 0 Å². The predicted octanol–water partition coefficient (Wildman–Crippen LogP) is 3.06. The summed E-state index contributed by atoms with van der Waals surface area (Å²) in [5.41, 5.74) is 0. The van der Waals surface area contributed by atoms with Gasteiger partial charge in [-0.1, -0.05) is 29.8 Å². The van der Waals surface area contributed by atoms with E-state index < -0.39 is 28.5 Å². The topological polar surface area (TPSA) is 26.3 Å². The molecule has 0 bridgehead atoms. The molecule has 0 aliphatic rings. The molecule has 0 aromatic carbocycles. The van der Waals surface area contributed by atoms with Gasteiger partial charge < -0.3 is 4.74 Å². The number of alkyl halides is 6. The van der Waals surface area contributed by atoms with Gasteiger partial charge >= 0.3 is 12.1 Å². The van der Waals surface area contributed by atoms with Gasteiger partial charge in [-0.15, -0.1) is 11.6 Å². The molecule has 88 valence electrons. The lowest BCUT2D eigenvalue weighted by Gasteiger charge is -2.28. The van der Waals surface area contributed by atoms with E-state index in [0.717, 1.165) is 0 Å². The molecule has 0 aromatic heterocycles. The minimum atomic E-state index is -4.91. The molecule has 8 heteroatoms. The van der Waals surface area contributed by atoms with Crippen LogP contribution in [0.1, 0.15) is 0 Å². The van der Waals surface area contributed by atoms with Crippen LogP contribution in [0.15, 0.2) is 12.7 Å². The molecule has 0 saturated carbocycles. The van der Waals surface area contributed by atoms with Crippen molar-refractivity contribution >= 4 is 40.8 Å². The third kappa shape index (κ3) is 4.49. The summed E-state index contributed by atoms with van der Waals surface area (Å²) < 4.78 is 38.6. The summed E-state index contributed by atoms with van der Waals surface area (Å²) in [6.07, 6.45) is -7.04. The Balaban J connectivity index is 4.91. The number of hydrogen-bond donors (Lipinski definition) is 0. The van der Waals surface area contributed by atoms with E-state index in [9.17, 15) is 18.0 Å². The number of ether oxygens (including phenoxy) is 1. The summed E-state index contributed by atoms with van der Waals surface area (Å²) in [7, 11) is 0. The number of carbonyl (C=O) groups excluding carboxylic acids is 1. The van der Waals surface area contributed by atoms with Crippen molar-refractivity contribution in [3.63, 3.8) is 0 Å². The molecule has 1 atom stereocenters. The number of carbonyl (C=O) groups is 1. The average molecular weight is 285 g/mol. The predicted molar refractivity (Wildman–Crippen MR) is 51.3 cm³/mol. The summed E-state index contributed by atoms with van der Waals surface area (Å²) in [6.45, 7) is 2.94. The van der Waals surface area contributed by atoms with Crippen molar-refractivity contribution in [3.05, 3.63) is 12.7 Å². The van der Waals surface area contributed by atoms with Crippen LogP contribution in [0.5, 0.6) is 0 Å². The molecule has 1 unspecified atom stereocenters. The fraction of sp³-hybridized carbons (Fsp3) is 0.571. The first kappa shape index (κ1) is 14.9. The fourth-order valence-corrected chi connectivity index (χ4v) is 1.10. The van der Waals surface area contributed by atoms with Crippen molar-refractivity contribution in [2.24, 2.45) is 0 Å². The Morgan fingerprint density at radius 3 is 2.20 bits per heavy atom. The van der Waals surface area contributed by atoms with Crippen LogP contribution in [0.2, 0.25) is 0 Å². The molecule has 0 aromatic rings. The molecule has 0 spiro atoms. The Kier molecular flexibility index (Phi) is 5.23. The molecule has 15 heavy (non-hydrogen) atoms. The van der Waals surface area contributed by atoms with Crippen LogP contribution in [0.3, 0.4) is 0 Å². The number of rotatable bonds is 4. The largest absolute Gasteiger partial charge is 0.446 e. The highest BCUT2D eigenvalue weighted by molar-refractivity contribution is 6.52. The zero-order valence-corrected chi connectivity index (χ0v) is 9.42. The summed E-state index contributed by atoms with van der Waals surface area (Å²) in [5, 5.41) is 0. The molecular weight excluding hydrogens is 279 g/mol. The fourth-order valence-electron chi connectivity index (χ4n) is 0.627. The standard InChI is InChI=1S/C7H6Cl3F3O2/c1-2-4(14)15-5(7(11,12)13)6(9,10)3-8/h2,5H,1,3H2. The van der Waals surface area contributed by atoms with Gasteiger partial charge in [-0.05, 0) is 0 Å². The highest BCUT2D eigenvalue weighted by Gasteiger charge is 2.55. The van der Waals surface area contributed by atoms with Gasteiger partial charge in [0.05, 0.1) is 5.88 Å². The third-order valence-corrected chi connectivity index (χ3v) is 2.62. The van der Waals surface area contributed by atoms with E-state index in [0.29, 0.717) is 6.08 Å². The van der Waals surface area contributed by atoms with Gasteiger partial charge in [-0.25, -0.2) is 4.79 Å². The van der Waals surface area contributed by atoms with E-state index in [4.69, 9.17) is 34.8 Å². The minimum Gasteiger partial charge on any atom is -0.446 e. The van der Waals surface area contributed by atoms with Crippen molar-refractivity contribution in [2.45, 2.75) is 16.6 Å². The molecule has 0 rings (SSSR count). The van der Waals surface area contributed by atoms with Crippen molar-refractivity contribution in [2.75, 3.05) is 5.88 Å². The van der Waals surface area contributed by atoms with Crippen LogP contribution in [-0.4, -0.2) is 28.5 Å².